The van der Waals surface area contributed by atoms with Crippen LogP contribution in [0, 0.1) is 0 Å². The van der Waals surface area contributed by atoms with Gasteiger partial charge in [-0.3, -0.25) is 0 Å². The van der Waals surface area contributed by atoms with Crippen LogP contribution in [0.5, 0.6) is 0 Å². The van der Waals surface area contributed by atoms with Gasteiger partial charge in [0.25, 0.3) is 0 Å². The quantitative estimate of drug-likeness (QED) is 0.815. The SMILES string of the molecule is O=C(OCc1ccccc1)N1C2CCC1CC(O)(C/C=C/c1ccccc1)C2. The van der Waals surface area contributed by atoms with Crippen LogP contribution in [0.1, 0.15) is 43.2 Å². The number of hydrogen-bond acceptors (Lipinski definition) is 3. The van der Waals surface area contributed by atoms with E-state index in [1.54, 1.807) is 0 Å². The Morgan fingerprint density at radius 1 is 1.04 bits per heavy atom. The molecular weight excluding hydrogens is 350 g/mol. The van der Waals surface area contributed by atoms with Crippen molar-refractivity contribution in [1.29, 1.82) is 0 Å². The molecule has 2 atom stereocenters. The van der Waals surface area contributed by atoms with E-state index < -0.39 is 5.60 Å². The van der Waals surface area contributed by atoms with E-state index in [-0.39, 0.29) is 18.2 Å². The molecule has 0 spiro atoms. The first-order valence-corrected chi connectivity index (χ1v) is 10.1. The van der Waals surface area contributed by atoms with Gasteiger partial charge in [0, 0.05) is 12.1 Å². The van der Waals surface area contributed by atoms with Crippen LogP contribution >= 0.6 is 0 Å². The molecule has 0 aliphatic carbocycles. The topological polar surface area (TPSA) is 49.8 Å². The summed E-state index contributed by atoms with van der Waals surface area (Å²) in [7, 11) is 0. The summed E-state index contributed by atoms with van der Waals surface area (Å²) in [6.07, 6.45) is 7.58. The van der Waals surface area contributed by atoms with E-state index in [0.29, 0.717) is 25.9 Å². The summed E-state index contributed by atoms with van der Waals surface area (Å²) in [6, 6.07) is 20.0. The van der Waals surface area contributed by atoms with Gasteiger partial charge in [-0.05, 0) is 43.2 Å². The highest BCUT2D eigenvalue weighted by molar-refractivity contribution is 5.69. The molecule has 28 heavy (non-hydrogen) atoms. The van der Waals surface area contributed by atoms with E-state index in [2.05, 4.69) is 24.3 Å². The van der Waals surface area contributed by atoms with Crippen LogP contribution in [0.15, 0.2) is 66.7 Å². The molecule has 0 aromatic heterocycles. The molecule has 2 heterocycles. The monoisotopic (exact) mass is 377 g/mol. The predicted octanol–water partition coefficient (Wildman–Crippen LogP) is 4.78. The largest absolute Gasteiger partial charge is 0.445 e. The van der Waals surface area contributed by atoms with E-state index in [1.165, 1.54) is 0 Å². The van der Waals surface area contributed by atoms with E-state index >= 15 is 0 Å². The van der Waals surface area contributed by atoms with Crippen molar-refractivity contribution in [3.8, 4) is 0 Å². The summed E-state index contributed by atoms with van der Waals surface area (Å²) in [4.78, 5) is 14.5. The zero-order valence-electron chi connectivity index (χ0n) is 16.0. The summed E-state index contributed by atoms with van der Waals surface area (Å²) in [5.41, 5.74) is 1.38. The maximum absolute atomic E-state index is 12.7. The number of carbonyl (C=O) groups excluding carboxylic acids is 1. The molecule has 2 aromatic carbocycles. The average Bonchev–Trinajstić information content (AvgIpc) is 3.00. The van der Waals surface area contributed by atoms with Crippen LogP contribution in [0.4, 0.5) is 4.79 Å². The standard InChI is InChI=1S/C24H27NO3/c26-23(28-18-20-10-5-2-6-11-20)25-21-13-14-22(25)17-24(27,16-21)15-7-12-19-8-3-1-4-9-19/h1-12,21-22,27H,13-18H2/b12-7+. The molecule has 4 nitrogen and oxygen atoms in total. The Balaban J connectivity index is 1.34. The Labute approximate surface area is 166 Å². The molecule has 4 heteroatoms. The highest BCUT2D eigenvalue weighted by Crippen LogP contribution is 2.42. The summed E-state index contributed by atoms with van der Waals surface area (Å²) in [5.74, 6) is 0. The summed E-state index contributed by atoms with van der Waals surface area (Å²) >= 11 is 0. The number of piperidine rings is 1. The van der Waals surface area contributed by atoms with Gasteiger partial charge in [-0.2, -0.15) is 0 Å². The maximum Gasteiger partial charge on any atom is 0.410 e. The first-order valence-electron chi connectivity index (χ1n) is 10.1. The van der Waals surface area contributed by atoms with E-state index in [0.717, 1.165) is 24.0 Å². The molecule has 1 amide bonds. The van der Waals surface area contributed by atoms with E-state index in [9.17, 15) is 9.90 Å². The lowest BCUT2D eigenvalue weighted by atomic mass is 9.83. The molecule has 2 saturated heterocycles. The van der Waals surface area contributed by atoms with E-state index in [1.807, 2.05) is 53.4 Å². The van der Waals surface area contributed by atoms with Crippen molar-refractivity contribution in [3.63, 3.8) is 0 Å². The Hall–Kier alpha value is -2.59. The predicted molar refractivity (Wildman–Crippen MR) is 110 cm³/mol. The molecule has 146 valence electrons. The number of benzene rings is 2. The lowest BCUT2D eigenvalue weighted by Crippen LogP contribution is -2.53. The Kier molecular flexibility index (Phi) is 5.49. The molecule has 2 aliphatic rings. The van der Waals surface area contributed by atoms with Gasteiger partial charge >= 0.3 is 6.09 Å². The minimum absolute atomic E-state index is 0.0668. The van der Waals surface area contributed by atoms with Gasteiger partial charge in [0.05, 0.1) is 5.60 Å². The molecule has 2 aromatic rings. The molecule has 2 bridgehead atoms. The summed E-state index contributed by atoms with van der Waals surface area (Å²) < 4.78 is 5.55. The van der Waals surface area contributed by atoms with Gasteiger partial charge in [0.15, 0.2) is 0 Å². The molecular formula is C24H27NO3. The van der Waals surface area contributed by atoms with Crippen LogP contribution in [0.25, 0.3) is 6.08 Å². The number of fused-ring (bicyclic) bond motifs is 2. The normalized spacial score (nSPS) is 26.5. The van der Waals surface area contributed by atoms with Crippen LogP contribution < -0.4 is 0 Å². The Morgan fingerprint density at radius 2 is 1.64 bits per heavy atom. The maximum atomic E-state index is 12.7. The lowest BCUT2D eigenvalue weighted by Gasteiger charge is -2.42. The second-order valence-electron chi connectivity index (χ2n) is 7.98. The van der Waals surface area contributed by atoms with Crippen LogP contribution in [-0.2, 0) is 11.3 Å². The third-order valence-electron chi connectivity index (χ3n) is 5.87. The molecule has 2 fully saturated rings. The molecule has 0 saturated carbocycles. The second kappa shape index (κ2) is 8.19. The first-order chi connectivity index (χ1) is 13.6. The molecule has 0 radical (unpaired) electrons. The minimum atomic E-state index is -0.743. The second-order valence-corrected chi connectivity index (χ2v) is 7.98. The number of hydrogen-bond donors (Lipinski definition) is 1. The zero-order chi connectivity index (χ0) is 19.4. The van der Waals surface area contributed by atoms with Crippen LogP contribution in [0.2, 0.25) is 0 Å². The van der Waals surface area contributed by atoms with Crippen molar-refractivity contribution in [2.45, 2.75) is 56.4 Å². The van der Waals surface area contributed by atoms with Crippen LogP contribution in [-0.4, -0.2) is 33.8 Å². The fourth-order valence-corrected chi connectivity index (χ4v) is 4.56. The summed E-state index contributed by atoms with van der Waals surface area (Å²) in [5, 5.41) is 11.1. The highest BCUT2D eigenvalue weighted by atomic mass is 16.6. The van der Waals surface area contributed by atoms with Gasteiger partial charge in [-0.15, -0.1) is 0 Å². The van der Waals surface area contributed by atoms with Gasteiger partial charge in [-0.25, -0.2) is 4.79 Å². The van der Waals surface area contributed by atoms with Crippen molar-refractivity contribution >= 4 is 12.2 Å². The van der Waals surface area contributed by atoms with Gasteiger partial charge < -0.3 is 14.7 Å². The first kappa shape index (κ1) is 18.8. The van der Waals surface area contributed by atoms with Gasteiger partial charge in [0.1, 0.15) is 6.61 Å². The fraction of sp³-hybridized carbons (Fsp3) is 0.375. The zero-order valence-corrected chi connectivity index (χ0v) is 16.0. The smallest absolute Gasteiger partial charge is 0.410 e. The van der Waals surface area contributed by atoms with Crippen molar-refractivity contribution in [1.82, 2.24) is 4.90 Å². The number of aliphatic hydroxyl groups is 1. The third-order valence-corrected chi connectivity index (χ3v) is 5.87. The lowest BCUT2D eigenvalue weighted by molar-refractivity contribution is -0.0468. The molecule has 4 rings (SSSR count). The number of nitrogens with zero attached hydrogens (tertiary/aromatic N) is 1. The number of amides is 1. The highest BCUT2D eigenvalue weighted by Gasteiger charge is 2.49. The van der Waals surface area contributed by atoms with Gasteiger partial charge in [0.2, 0.25) is 0 Å². The van der Waals surface area contributed by atoms with Crippen LogP contribution in [0.3, 0.4) is 0 Å². The number of ether oxygens (including phenoxy) is 1. The number of carbonyl (C=O) groups is 1. The van der Waals surface area contributed by atoms with E-state index in [4.69, 9.17) is 4.74 Å². The summed E-state index contributed by atoms with van der Waals surface area (Å²) in [6.45, 7) is 0.291. The van der Waals surface area contributed by atoms with Crippen molar-refractivity contribution in [3.05, 3.63) is 77.9 Å². The fourth-order valence-electron chi connectivity index (χ4n) is 4.56. The third kappa shape index (κ3) is 4.28. The molecule has 2 aliphatic heterocycles. The van der Waals surface area contributed by atoms with Crippen molar-refractivity contribution in [2.24, 2.45) is 0 Å². The van der Waals surface area contributed by atoms with Gasteiger partial charge in [-0.1, -0.05) is 72.8 Å². The number of rotatable bonds is 5. The average molecular weight is 377 g/mol. The minimum Gasteiger partial charge on any atom is -0.445 e. The van der Waals surface area contributed by atoms with Crippen molar-refractivity contribution in [2.75, 3.05) is 0 Å². The Morgan fingerprint density at radius 3 is 2.29 bits per heavy atom. The van der Waals surface area contributed by atoms with Crippen molar-refractivity contribution < 1.29 is 14.6 Å². The molecule has 2 unspecified atom stereocenters. The molecule has 1 N–H and O–H groups in total. The Bertz CT molecular complexity index is 804.